The second-order valence-corrected chi connectivity index (χ2v) is 6.95. The number of nitrogens with zero attached hydrogens (tertiary/aromatic N) is 3. The molecule has 2 aromatic carbocycles. The lowest BCUT2D eigenvalue weighted by atomic mass is 10.00. The summed E-state index contributed by atoms with van der Waals surface area (Å²) in [7, 11) is 0. The molecule has 3 aromatic rings. The van der Waals surface area contributed by atoms with Crippen LogP contribution in [0.5, 0.6) is 0 Å². The van der Waals surface area contributed by atoms with E-state index in [4.69, 9.17) is 4.52 Å². The van der Waals surface area contributed by atoms with Crippen molar-refractivity contribution in [1.82, 2.24) is 5.16 Å². The maximum atomic E-state index is 13.4. The van der Waals surface area contributed by atoms with Gasteiger partial charge >= 0.3 is 12.4 Å². The van der Waals surface area contributed by atoms with Crippen LogP contribution in [0.25, 0.3) is 11.3 Å². The number of rotatable bonds is 4. The monoisotopic (exact) mass is 455 g/mol. The van der Waals surface area contributed by atoms with Gasteiger partial charge in [-0.3, -0.25) is 4.99 Å². The molecule has 0 fully saturated rings. The first-order valence-corrected chi connectivity index (χ1v) is 9.13. The summed E-state index contributed by atoms with van der Waals surface area (Å²) in [6, 6.07) is 7.65. The van der Waals surface area contributed by atoms with Crippen molar-refractivity contribution in [3.8, 4) is 11.3 Å². The van der Waals surface area contributed by atoms with Crippen molar-refractivity contribution < 1.29 is 35.3 Å². The van der Waals surface area contributed by atoms with Crippen molar-refractivity contribution >= 4 is 12.1 Å². The molecular formula is C21H12F7N3O. The molecular weight excluding hydrogens is 443 g/mol. The minimum absolute atomic E-state index is 0.0445. The Bertz CT molecular complexity index is 1210. The predicted molar refractivity (Wildman–Crippen MR) is 101 cm³/mol. The number of aliphatic imine (C=N–C) groups is 2. The predicted octanol–water partition coefficient (Wildman–Crippen LogP) is 5.96. The number of aromatic nitrogens is 1. The summed E-state index contributed by atoms with van der Waals surface area (Å²) >= 11 is 0. The second-order valence-electron chi connectivity index (χ2n) is 6.95. The smallest absolute Gasteiger partial charge is 0.361 e. The molecule has 4 rings (SSSR count). The van der Waals surface area contributed by atoms with Crippen LogP contribution in [-0.4, -0.2) is 23.2 Å². The molecule has 32 heavy (non-hydrogen) atoms. The van der Waals surface area contributed by atoms with Crippen LogP contribution in [0, 0.1) is 5.82 Å². The molecule has 1 atom stereocenters. The largest absolute Gasteiger partial charge is 0.417 e. The molecule has 4 nitrogen and oxygen atoms in total. The van der Waals surface area contributed by atoms with Gasteiger partial charge in [-0.2, -0.15) is 26.3 Å². The van der Waals surface area contributed by atoms with E-state index in [9.17, 15) is 30.7 Å². The molecule has 0 amide bonds. The third-order valence-electron chi connectivity index (χ3n) is 4.64. The maximum absolute atomic E-state index is 13.4. The quantitative estimate of drug-likeness (QED) is 0.456. The highest BCUT2D eigenvalue weighted by Gasteiger charge is 2.39. The standard InChI is InChI=1S/C21H12F7N3O/c22-13-3-1-2-11(6-13)19-29-10-14(30-19)8-15-9-18(31-32-15)16-5-4-12(20(23,24)25)7-17(16)21(26,27)28/h1-7,9-10,14H,8H2. The lowest BCUT2D eigenvalue weighted by Gasteiger charge is -2.14. The zero-order chi connectivity index (χ0) is 23.1. The van der Waals surface area contributed by atoms with E-state index in [2.05, 4.69) is 15.1 Å². The Balaban J connectivity index is 1.58. The van der Waals surface area contributed by atoms with Crippen molar-refractivity contribution in [2.45, 2.75) is 24.8 Å². The van der Waals surface area contributed by atoms with Gasteiger partial charge in [-0.15, -0.1) is 0 Å². The van der Waals surface area contributed by atoms with Gasteiger partial charge < -0.3 is 4.52 Å². The van der Waals surface area contributed by atoms with E-state index in [1.54, 1.807) is 6.07 Å². The van der Waals surface area contributed by atoms with Crippen LogP contribution in [0.1, 0.15) is 22.5 Å². The molecule has 0 saturated heterocycles. The van der Waals surface area contributed by atoms with Crippen molar-refractivity contribution in [1.29, 1.82) is 0 Å². The van der Waals surface area contributed by atoms with Crippen molar-refractivity contribution in [3.05, 3.63) is 76.8 Å². The zero-order valence-electron chi connectivity index (χ0n) is 15.9. The van der Waals surface area contributed by atoms with Crippen LogP contribution in [0.2, 0.25) is 0 Å². The maximum Gasteiger partial charge on any atom is 0.417 e. The highest BCUT2D eigenvalue weighted by Crippen LogP contribution is 2.40. The Labute approximate surface area is 176 Å². The van der Waals surface area contributed by atoms with Gasteiger partial charge in [0.05, 0.1) is 17.2 Å². The van der Waals surface area contributed by atoms with Gasteiger partial charge in [0.2, 0.25) is 0 Å². The van der Waals surface area contributed by atoms with E-state index in [0.717, 1.165) is 0 Å². The highest BCUT2D eigenvalue weighted by atomic mass is 19.4. The third kappa shape index (κ3) is 4.56. The van der Waals surface area contributed by atoms with E-state index in [1.807, 2.05) is 0 Å². The van der Waals surface area contributed by atoms with Crippen molar-refractivity contribution in [2.24, 2.45) is 9.98 Å². The molecule has 0 radical (unpaired) electrons. The molecule has 0 saturated carbocycles. The molecule has 1 aromatic heterocycles. The van der Waals surface area contributed by atoms with Crippen LogP contribution in [0.15, 0.2) is 63.0 Å². The Morgan fingerprint density at radius 3 is 2.38 bits per heavy atom. The van der Waals surface area contributed by atoms with E-state index >= 15 is 0 Å². The van der Waals surface area contributed by atoms with Gasteiger partial charge in [-0.1, -0.05) is 23.4 Å². The molecule has 166 valence electrons. The van der Waals surface area contributed by atoms with Gasteiger partial charge in [0.25, 0.3) is 0 Å². The topological polar surface area (TPSA) is 50.8 Å². The Morgan fingerprint density at radius 2 is 1.69 bits per heavy atom. The summed E-state index contributed by atoms with van der Waals surface area (Å²) in [6.45, 7) is 0. The summed E-state index contributed by atoms with van der Waals surface area (Å²) in [4.78, 5) is 8.42. The number of amidine groups is 1. The van der Waals surface area contributed by atoms with Gasteiger partial charge in [-0.05, 0) is 24.3 Å². The van der Waals surface area contributed by atoms with Gasteiger partial charge in [0.15, 0.2) is 5.84 Å². The highest BCUT2D eigenvalue weighted by molar-refractivity contribution is 6.07. The van der Waals surface area contributed by atoms with Gasteiger partial charge in [0.1, 0.15) is 17.3 Å². The number of hydrogen-bond acceptors (Lipinski definition) is 4. The average molecular weight is 455 g/mol. The van der Waals surface area contributed by atoms with E-state index in [0.29, 0.717) is 17.7 Å². The number of halogens is 7. The molecule has 0 N–H and O–H groups in total. The average Bonchev–Trinajstić information content (AvgIpc) is 3.36. The Kier molecular flexibility index (Phi) is 5.35. The first-order valence-electron chi connectivity index (χ1n) is 9.13. The van der Waals surface area contributed by atoms with Crippen LogP contribution < -0.4 is 0 Å². The summed E-state index contributed by atoms with van der Waals surface area (Å²) in [5.74, 6) is -0.00853. The van der Waals surface area contributed by atoms with Crippen molar-refractivity contribution in [3.63, 3.8) is 0 Å². The Hall–Kier alpha value is -3.50. The minimum Gasteiger partial charge on any atom is -0.361 e. The van der Waals surface area contributed by atoms with E-state index in [1.165, 1.54) is 30.5 Å². The molecule has 11 heteroatoms. The van der Waals surface area contributed by atoms with E-state index < -0.39 is 40.9 Å². The number of benzene rings is 2. The summed E-state index contributed by atoms with van der Waals surface area (Å²) in [5, 5.41) is 3.58. The molecule has 1 aliphatic heterocycles. The number of hydrogen-bond donors (Lipinski definition) is 0. The third-order valence-corrected chi connectivity index (χ3v) is 4.64. The molecule has 0 spiro atoms. The number of alkyl halides is 6. The van der Waals surface area contributed by atoms with Crippen LogP contribution >= 0.6 is 0 Å². The van der Waals surface area contributed by atoms with Crippen molar-refractivity contribution in [2.75, 3.05) is 0 Å². The van der Waals surface area contributed by atoms with Crippen LogP contribution in [0.4, 0.5) is 30.7 Å². The first kappa shape index (κ1) is 21.7. The zero-order valence-corrected chi connectivity index (χ0v) is 15.9. The van der Waals surface area contributed by atoms with Gasteiger partial charge in [-0.25, -0.2) is 9.38 Å². The fraction of sp³-hybridized carbons (Fsp3) is 0.190. The normalized spacial score (nSPS) is 16.5. The molecule has 0 bridgehead atoms. The molecule has 0 aliphatic carbocycles. The summed E-state index contributed by atoms with van der Waals surface area (Å²) < 4.78 is 97.1. The summed E-state index contributed by atoms with van der Waals surface area (Å²) in [5.41, 5.74) is -3.23. The molecule has 1 aliphatic rings. The van der Waals surface area contributed by atoms with E-state index in [-0.39, 0.29) is 29.8 Å². The van der Waals surface area contributed by atoms with Gasteiger partial charge in [0, 0.05) is 29.8 Å². The fourth-order valence-electron chi connectivity index (χ4n) is 3.18. The lowest BCUT2D eigenvalue weighted by Crippen LogP contribution is -2.12. The Morgan fingerprint density at radius 1 is 0.906 bits per heavy atom. The summed E-state index contributed by atoms with van der Waals surface area (Å²) in [6.07, 6.45) is -8.39. The second kappa shape index (κ2) is 7.88. The first-order chi connectivity index (χ1) is 15.0. The fourth-order valence-corrected chi connectivity index (χ4v) is 3.18. The minimum atomic E-state index is -5.03. The molecule has 2 heterocycles. The SMILES string of the molecule is Fc1cccc(C2=NC(Cc3cc(-c4ccc(C(F)(F)F)cc4C(F)(F)F)no3)C=N2)c1. The van der Waals surface area contributed by atoms with Crippen LogP contribution in [-0.2, 0) is 18.8 Å². The molecule has 1 unspecified atom stereocenters. The lowest BCUT2D eigenvalue weighted by molar-refractivity contribution is -0.142. The van der Waals surface area contributed by atoms with Crippen LogP contribution in [0.3, 0.4) is 0 Å².